The average Bonchev–Trinajstić information content (AvgIpc) is 2.44. The molecule has 0 amide bonds. The van der Waals surface area contributed by atoms with Crippen molar-refractivity contribution >= 4 is 6.34 Å². The van der Waals surface area contributed by atoms with Crippen molar-refractivity contribution in [1.29, 1.82) is 0 Å². The standard InChI is InChI=1S/C4H7N3.2C2H6/c1-4-6-5-3-7(4)2;2*1-2/h3,6H,1H2,2H3;2*1-2H3. The Morgan fingerprint density at radius 3 is 1.91 bits per heavy atom. The van der Waals surface area contributed by atoms with Crippen molar-refractivity contribution in [2.24, 2.45) is 5.10 Å². The number of hydrazone groups is 1. The Kier molecular flexibility index (Phi) is 10.4. The molecule has 1 rings (SSSR count). The predicted octanol–water partition coefficient (Wildman–Crippen LogP) is 1.99. The van der Waals surface area contributed by atoms with Crippen LogP contribution in [0.4, 0.5) is 0 Å². The maximum atomic E-state index is 3.70. The minimum atomic E-state index is 0.819. The first-order chi connectivity index (χ1) is 5.30. The predicted molar refractivity (Wildman–Crippen MR) is 51.2 cm³/mol. The Labute approximate surface area is 69.8 Å². The van der Waals surface area contributed by atoms with Gasteiger partial charge in [0.15, 0.2) is 0 Å². The monoisotopic (exact) mass is 157 g/mol. The van der Waals surface area contributed by atoms with Crippen LogP contribution in [-0.4, -0.2) is 18.3 Å². The quantitative estimate of drug-likeness (QED) is 0.582. The lowest BCUT2D eigenvalue weighted by molar-refractivity contribution is 0.629. The van der Waals surface area contributed by atoms with Crippen LogP contribution in [-0.2, 0) is 0 Å². The van der Waals surface area contributed by atoms with Crippen LogP contribution in [0.1, 0.15) is 27.7 Å². The summed E-state index contributed by atoms with van der Waals surface area (Å²) in [6.45, 7) is 11.6. The van der Waals surface area contributed by atoms with Gasteiger partial charge in [0.2, 0.25) is 0 Å². The van der Waals surface area contributed by atoms with Gasteiger partial charge in [-0.1, -0.05) is 34.3 Å². The molecule has 0 aromatic carbocycles. The number of rotatable bonds is 0. The summed E-state index contributed by atoms with van der Waals surface area (Å²) in [5.74, 6) is 0.819. The van der Waals surface area contributed by atoms with Crippen LogP contribution in [0.25, 0.3) is 0 Å². The summed E-state index contributed by atoms with van der Waals surface area (Å²) in [6, 6.07) is 0. The van der Waals surface area contributed by atoms with Gasteiger partial charge in [-0.25, -0.2) is 0 Å². The van der Waals surface area contributed by atoms with Crippen LogP contribution in [0.3, 0.4) is 0 Å². The smallest absolute Gasteiger partial charge is 0.120 e. The zero-order chi connectivity index (χ0) is 9.28. The number of hydrogen-bond acceptors (Lipinski definition) is 3. The third-order valence-corrected chi connectivity index (χ3v) is 0.850. The van der Waals surface area contributed by atoms with E-state index in [9.17, 15) is 0 Å². The van der Waals surface area contributed by atoms with Crippen LogP contribution >= 0.6 is 0 Å². The van der Waals surface area contributed by atoms with Crippen molar-refractivity contribution < 1.29 is 0 Å². The lowest BCUT2D eigenvalue weighted by atomic mass is 10.7. The highest BCUT2D eigenvalue weighted by Gasteiger charge is 2.00. The molecule has 0 spiro atoms. The van der Waals surface area contributed by atoms with Gasteiger partial charge in [0.1, 0.15) is 12.2 Å². The lowest BCUT2D eigenvalue weighted by Gasteiger charge is -2.03. The third kappa shape index (κ3) is 5.45. The summed E-state index contributed by atoms with van der Waals surface area (Å²) in [5, 5.41) is 3.70. The molecule has 0 aromatic rings. The molecule has 0 saturated carbocycles. The molecule has 1 heterocycles. The van der Waals surface area contributed by atoms with E-state index in [4.69, 9.17) is 0 Å². The van der Waals surface area contributed by atoms with Crippen LogP contribution in [0, 0.1) is 0 Å². The molecule has 1 aliphatic rings. The molecule has 11 heavy (non-hydrogen) atoms. The minimum absolute atomic E-state index is 0.819. The highest BCUT2D eigenvalue weighted by Crippen LogP contribution is 1.93. The molecular formula is C8H19N3. The molecule has 0 bridgehead atoms. The van der Waals surface area contributed by atoms with Gasteiger partial charge in [0.25, 0.3) is 0 Å². The van der Waals surface area contributed by atoms with Crippen molar-refractivity contribution in [1.82, 2.24) is 10.3 Å². The van der Waals surface area contributed by atoms with Gasteiger partial charge in [0, 0.05) is 7.05 Å². The van der Waals surface area contributed by atoms with Gasteiger partial charge in [-0.2, -0.15) is 5.10 Å². The van der Waals surface area contributed by atoms with E-state index in [1.807, 2.05) is 34.7 Å². The summed E-state index contributed by atoms with van der Waals surface area (Å²) in [7, 11) is 1.88. The molecule has 1 aliphatic heterocycles. The molecule has 1 N–H and O–H groups in total. The van der Waals surface area contributed by atoms with E-state index in [1.165, 1.54) is 0 Å². The molecular weight excluding hydrogens is 138 g/mol. The largest absolute Gasteiger partial charge is 0.320 e. The summed E-state index contributed by atoms with van der Waals surface area (Å²) in [6.07, 6.45) is 1.67. The molecule has 0 atom stereocenters. The van der Waals surface area contributed by atoms with Crippen LogP contribution in [0.5, 0.6) is 0 Å². The van der Waals surface area contributed by atoms with Gasteiger partial charge in [-0.15, -0.1) is 0 Å². The highest BCUT2D eigenvalue weighted by atomic mass is 15.5. The Hall–Kier alpha value is -0.990. The minimum Gasteiger partial charge on any atom is -0.320 e. The number of nitrogens with one attached hydrogen (secondary N) is 1. The highest BCUT2D eigenvalue weighted by molar-refractivity contribution is 5.59. The topological polar surface area (TPSA) is 27.6 Å². The lowest BCUT2D eigenvalue weighted by Crippen LogP contribution is -2.13. The molecule has 0 fully saturated rings. The fourth-order valence-corrected chi connectivity index (χ4v) is 0.339. The first kappa shape index (κ1) is 12.7. The molecule has 0 unspecified atom stereocenters. The van der Waals surface area contributed by atoms with Crippen molar-refractivity contribution in [2.75, 3.05) is 7.05 Å². The fraction of sp³-hybridized carbons (Fsp3) is 0.625. The fourth-order valence-electron chi connectivity index (χ4n) is 0.339. The third-order valence-electron chi connectivity index (χ3n) is 0.850. The Balaban J connectivity index is 0. The number of hydrogen-bond donors (Lipinski definition) is 1. The second-order valence-electron chi connectivity index (χ2n) is 1.41. The maximum absolute atomic E-state index is 3.70. The van der Waals surface area contributed by atoms with Crippen molar-refractivity contribution in [2.45, 2.75) is 27.7 Å². The van der Waals surface area contributed by atoms with E-state index in [-0.39, 0.29) is 0 Å². The van der Waals surface area contributed by atoms with Crippen molar-refractivity contribution in [3.05, 3.63) is 12.4 Å². The van der Waals surface area contributed by atoms with Gasteiger partial charge in [0.05, 0.1) is 0 Å². The van der Waals surface area contributed by atoms with Crippen molar-refractivity contribution in [3.8, 4) is 0 Å². The van der Waals surface area contributed by atoms with E-state index >= 15 is 0 Å². The Morgan fingerprint density at radius 1 is 1.36 bits per heavy atom. The van der Waals surface area contributed by atoms with Crippen LogP contribution in [0.2, 0.25) is 0 Å². The van der Waals surface area contributed by atoms with Gasteiger partial charge >= 0.3 is 0 Å². The maximum Gasteiger partial charge on any atom is 0.120 e. The van der Waals surface area contributed by atoms with E-state index < -0.39 is 0 Å². The second-order valence-corrected chi connectivity index (χ2v) is 1.41. The molecule has 0 aliphatic carbocycles. The molecule has 3 nitrogen and oxygen atoms in total. The Morgan fingerprint density at radius 2 is 1.82 bits per heavy atom. The van der Waals surface area contributed by atoms with E-state index in [2.05, 4.69) is 17.1 Å². The second kappa shape index (κ2) is 9.01. The zero-order valence-corrected chi connectivity index (χ0v) is 8.18. The summed E-state index contributed by atoms with van der Waals surface area (Å²) >= 11 is 0. The molecule has 0 saturated heterocycles. The Bertz CT molecular complexity index is 119. The van der Waals surface area contributed by atoms with E-state index in [1.54, 1.807) is 11.2 Å². The average molecular weight is 157 g/mol. The van der Waals surface area contributed by atoms with Crippen LogP contribution < -0.4 is 5.43 Å². The summed E-state index contributed by atoms with van der Waals surface area (Å²) in [4.78, 5) is 1.81. The molecule has 0 radical (unpaired) electrons. The summed E-state index contributed by atoms with van der Waals surface area (Å²) < 4.78 is 0. The molecule has 0 aromatic heterocycles. The van der Waals surface area contributed by atoms with Crippen molar-refractivity contribution in [3.63, 3.8) is 0 Å². The summed E-state index contributed by atoms with van der Waals surface area (Å²) in [5.41, 5.74) is 2.67. The SMILES string of the molecule is C=C1NN=CN1C.CC.CC. The van der Waals surface area contributed by atoms with Gasteiger partial charge < -0.3 is 4.90 Å². The number of nitrogens with zero attached hydrogens (tertiary/aromatic N) is 2. The molecule has 66 valence electrons. The van der Waals surface area contributed by atoms with E-state index in [0.717, 1.165) is 5.82 Å². The zero-order valence-electron chi connectivity index (χ0n) is 8.18. The first-order valence-electron chi connectivity index (χ1n) is 4.01. The van der Waals surface area contributed by atoms with Crippen LogP contribution in [0.15, 0.2) is 17.5 Å². The van der Waals surface area contributed by atoms with Gasteiger partial charge in [-0.3, -0.25) is 5.43 Å². The molecule has 3 heteroatoms. The normalized spacial score (nSPS) is 12.5. The van der Waals surface area contributed by atoms with E-state index in [0.29, 0.717) is 0 Å². The first-order valence-corrected chi connectivity index (χ1v) is 4.01. The van der Waals surface area contributed by atoms with Gasteiger partial charge in [-0.05, 0) is 0 Å².